The van der Waals surface area contributed by atoms with Crippen LogP contribution >= 0.6 is 24.0 Å². The fourth-order valence-electron chi connectivity index (χ4n) is 3.82. The molecule has 184 valence electrons. The Kier molecular flexibility index (Phi) is 12.1. The van der Waals surface area contributed by atoms with E-state index in [0.717, 1.165) is 6.54 Å². The number of nitrogens with zero attached hydrogens (tertiary/aromatic N) is 3. The van der Waals surface area contributed by atoms with E-state index in [1.165, 1.54) is 6.07 Å². The van der Waals surface area contributed by atoms with Crippen molar-refractivity contribution in [2.24, 2.45) is 4.99 Å². The van der Waals surface area contributed by atoms with Gasteiger partial charge in [0.05, 0.1) is 18.8 Å². The molecule has 1 fully saturated rings. The van der Waals surface area contributed by atoms with Gasteiger partial charge in [-0.1, -0.05) is 6.07 Å². The second-order valence-electron chi connectivity index (χ2n) is 8.22. The monoisotopic (exact) mass is 571 g/mol. The van der Waals surface area contributed by atoms with Crippen LogP contribution in [0.5, 0.6) is 0 Å². The molecule has 0 atom stereocenters. The molecule has 6 nitrogen and oxygen atoms in total. The number of nitrogens with one attached hydrogen (secondary N) is 2. The van der Waals surface area contributed by atoms with Crippen molar-refractivity contribution in [2.45, 2.75) is 52.5 Å². The summed E-state index contributed by atoms with van der Waals surface area (Å²) in [4.78, 5) is 8.41. The summed E-state index contributed by atoms with van der Waals surface area (Å²) in [5.41, 5.74) is 0.146. The van der Waals surface area contributed by atoms with E-state index >= 15 is 0 Å². The molecule has 1 aromatic carbocycles. The molecule has 1 aromatic rings. The Bertz CT molecular complexity index is 714. The van der Waals surface area contributed by atoms with Crippen LogP contribution in [0.3, 0.4) is 0 Å². The second kappa shape index (κ2) is 13.4. The minimum Gasteiger partial charge on any atom is -0.378 e. The smallest absolute Gasteiger partial charge is 0.378 e. The lowest BCUT2D eigenvalue weighted by atomic mass is 10.0. The van der Waals surface area contributed by atoms with Gasteiger partial charge in [0.1, 0.15) is 0 Å². The first-order chi connectivity index (χ1) is 14.6. The van der Waals surface area contributed by atoms with Crippen molar-refractivity contribution >= 4 is 35.6 Å². The van der Waals surface area contributed by atoms with Gasteiger partial charge in [0.25, 0.3) is 0 Å². The van der Waals surface area contributed by atoms with Gasteiger partial charge >= 0.3 is 6.18 Å². The third kappa shape index (κ3) is 8.58. The molecule has 32 heavy (non-hydrogen) atoms. The Morgan fingerprint density at radius 2 is 1.75 bits per heavy atom. The molecular weight excluding hydrogens is 534 g/mol. The number of morpholine rings is 1. The zero-order valence-corrected chi connectivity index (χ0v) is 22.0. The van der Waals surface area contributed by atoms with Crippen molar-refractivity contribution < 1.29 is 17.9 Å². The standard InChI is InChI=1S/C22H36F3N5O.HI/c1-16(2)30(17(3)4)9-8-27-21(26-5)28-15-18-6-7-19(14-20(18)22(23,24)25)29-10-12-31-13-11-29;/h6-7,14,16-17H,8-13,15H2,1-5H3,(H2,26,27,28);1H. The lowest BCUT2D eigenvalue weighted by Gasteiger charge is -2.30. The molecule has 2 rings (SSSR count). The highest BCUT2D eigenvalue weighted by Crippen LogP contribution is 2.35. The number of ether oxygens (including phenoxy) is 1. The topological polar surface area (TPSA) is 52.1 Å². The summed E-state index contributed by atoms with van der Waals surface area (Å²) in [5.74, 6) is 0.484. The Balaban J connectivity index is 0.00000512. The van der Waals surface area contributed by atoms with Crippen molar-refractivity contribution in [3.63, 3.8) is 0 Å². The molecule has 2 N–H and O–H groups in total. The summed E-state index contributed by atoms with van der Waals surface area (Å²) >= 11 is 0. The second-order valence-corrected chi connectivity index (χ2v) is 8.22. The van der Waals surface area contributed by atoms with Crippen LogP contribution in [-0.2, 0) is 17.5 Å². The Hall–Kier alpha value is -1.27. The predicted octanol–water partition coefficient (Wildman–Crippen LogP) is 3.94. The first-order valence-electron chi connectivity index (χ1n) is 10.9. The zero-order valence-electron chi connectivity index (χ0n) is 19.6. The SMILES string of the molecule is CN=C(NCCN(C(C)C)C(C)C)NCc1ccc(N2CCOCC2)cc1C(F)(F)F.I. The van der Waals surface area contributed by atoms with Crippen molar-refractivity contribution in [3.8, 4) is 0 Å². The van der Waals surface area contributed by atoms with Crippen molar-refractivity contribution in [1.29, 1.82) is 0 Å². The Morgan fingerprint density at radius 3 is 2.28 bits per heavy atom. The molecule has 0 aromatic heterocycles. The molecular formula is C22H37F3IN5O. The maximum Gasteiger partial charge on any atom is 0.416 e. The molecule has 0 aliphatic carbocycles. The number of rotatable bonds is 8. The third-order valence-corrected chi connectivity index (χ3v) is 5.43. The highest BCUT2D eigenvalue weighted by Gasteiger charge is 2.34. The van der Waals surface area contributed by atoms with E-state index < -0.39 is 11.7 Å². The van der Waals surface area contributed by atoms with Crippen LogP contribution in [0.2, 0.25) is 0 Å². The van der Waals surface area contributed by atoms with Gasteiger partial charge in [-0.15, -0.1) is 24.0 Å². The number of halogens is 4. The van der Waals surface area contributed by atoms with E-state index in [0.29, 0.717) is 56.6 Å². The highest BCUT2D eigenvalue weighted by molar-refractivity contribution is 14.0. The van der Waals surface area contributed by atoms with E-state index in [4.69, 9.17) is 4.74 Å². The number of hydrogen-bond acceptors (Lipinski definition) is 4. The number of anilines is 1. The number of guanidine groups is 1. The third-order valence-electron chi connectivity index (χ3n) is 5.43. The number of aliphatic imine (C=N–C) groups is 1. The molecule has 0 unspecified atom stereocenters. The molecule has 0 amide bonds. The molecule has 1 heterocycles. The van der Waals surface area contributed by atoms with Gasteiger partial charge in [0.2, 0.25) is 0 Å². The average Bonchev–Trinajstić information content (AvgIpc) is 2.72. The maximum absolute atomic E-state index is 13.7. The van der Waals surface area contributed by atoms with Gasteiger partial charge in [-0.3, -0.25) is 9.89 Å². The largest absolute Gasteiger partial charge is 0.416 e. The number of hydrogen-bond donors (Lipinski definition) is 2. The molecule has 1 saturated heterocycles. The number of benzene rings is 1. The van der Waals surface area contributed by atoms with Crippen LogP contribution in [-0.4, -0.2) is 69.4 Å². The summed E-state index contributed by atoms with van der Waals surface area (Å²) in [6.07, 6.45) is -4.43. The van der Waals surface area contributed by atoms with Gasteiger partial charge in [0.15, 0.2) is 5.96 Å². The highest BCUT2D eigenvalue weighted by atomic mass is 127. The van der Waals surface area contributed by atoms with Crippen LogP contribution in [0.1, 0.15) is 38.8 Å². The molecule has 0 spiro atoms. The quantitative estimate of drug-likeness (QED) is 0.282. The van der Waals surface area contributed by atoms with Gasteiger partial charge in [-0.25, -0.2) is 0 Å². The van der Waals surface area contributed by atoms with E-state index in [2.05, 4.69) is 48.2 Å². The van der Waals surface area contributed by atoms with E-state index in [9.17, 15) is 13.2 Å². The fourth-order valence-corrected chi connectivity index (χ4v) is 3.82. The molecule has 1 aliphatic heterocycles. The van der Waals surface area contributed by atoms with Gasteiger partial charge < -0.3 is 20.3 Å². The minimum atomic E-state index is -4.43. The summed E-state index contributed by atoms with van der Waals surface area (Å²) in [6, 6.07) is 5.36. The van der Waals surface area contributed by atoms with Crippen LogP contribution in [0.25, 0.3) is 0 Å². The average molecular weight is 571 g/mol. The van der Waals surface area contributed by atoms with E-state index in [1.54, 1.807) is 19.2 Å². The first-order valence-corrected chi connectivity index (χ1v) is 10.9. The molecule has 1 aliphatic rings. The molecule has 10 heteroatoms. The normalized spacial score (nSPS) is 15.3. The lowest BCUT2D eigenvalue weighted by Crippen LogP contribution is -2.45. The first kappa shape index (κ1) is 28.8. The number of alkyl halides is 3. The van der Waals surface area contributed by atoms with Crippen molar-refractivity contribution in [3.05, 3.63) is 29.3 Å². The van der Waals surface area contributed by atoms with Gasteiger partial charge in [-0.05, 0) is 45.4 Å². The van der Waals surface area contributed by atoms with Crippen LogP contribution in [0, 0.1) is 0 Å². The maximum atomic E-state index is 13.7. The molecule has 0 saturated carbocycles. The van der Waals surface area contributed by atoms with Crippen molar-refractivity contribution in [2.75, 3.05) is 51.3 Å². The summed E-state index contributed by atoms with van der Waals surface area (Å²) in [7, 11) is 1.62. The van der Waals surface area contributed by atoms with Gasteiger partial charge in [0, 0.05) is 57.5 Å². The van der Waals surface area contributed by atoms with Gasteiger partial charge in [-0.2, -0.15) is 13.2 Å². The molecule has 0 bridgehead atoms. The Morgan fingerprint density at radius 1 is 1.12 bits per heavy atom. The van der Waals surface area contributed by atoms with Crippen molar-refractivity contribution in [1.82, 2.24) is 15.5 Å². The molecule has 0 radical (unpaired) electrons. The van der Waals surface area contributed by atoms with Crippen LogP contribution in [0.4, 0.5) is 18.9 Å². The van der Waals surface area contributed by atoms with E-state index in [-0.39, 0.29) is 36.1 Å². The summed E-state index contributed by atoms with van der Waals surface area (Å²) in [5, 5.41) is 6.21. The lowest BCUT2D eigenvalue weighted by molar-refractivity contribution is -0.138. The zero-order chi connectivity index (χ0) is 23.0. The Labute approximate surface area is 207 Å². The summed E-state index contributed by atoms with van der Waals surface area (Å²) in [6.45, 7) is 12.3. The van der Waals surface area contributed by atoms with Crippen LogP contribution < -0.4 is 15.5 Å². The summed E-state index contributed by atoms with van der Waals surface area (Å²) < 4.78 is 46.5. The van der Waals surface area contributed by atoms with E-state index in [1.807, 2.05) is 4.90 Å². The fraction of sp³-hybridized carbons (Fsp3) is 0.682. The predicted molar refractivity (Wildman–Crippen MR) is 135 cm³/mol. The minimum absolute atomic E-state index is 0. The van der Waals surface area contributed by atoms with Crippen LogP contribution in [0.15, 0.2) is 23.2 Å².